The minimum Gasteiger partial charge on any atom is -0.332 e. The first-order chi connectivity index (χ1) is 11.2. The van der Waals surface area contributed by atoms with Crippen molar-refractivity contribution in [3.8, 4) is 0 Å². The molecule has 4 nitrogen and oxygen atoms in total. The molecule has 0 saturated carbocycles. The molecule has 8 heteroatoms. The number of carbonyl (C=O) groups is 1. The van der Waals surface area contributed by atoms with E-state index in [-0.39, 0.29) is 16.7 Å². The molecule has 2 aromatic rings. The van der Waals surface area contributed by atoms with Crippen LogP contribution in [0, 0.1) is 0 Å². The molecule has 0 unspecified atom stereocenters. The molecule has 0 aliphatic heterocycles. The van der Waals surface area contributed by atoms with Crippen LogP contribution in [0.25, 0.3) is 0 Å². The molecule has 0 saturated heterocycles. The van der Waals surface area contributed by atoms with Gasteiger partial charge in [-0.15, -0.1) is 0 Å². The number of hydrogen-bond acceptors (Lipinski definition) is 2. The molecule has 0 radical (unpaired) electrons. The lowest BCUT2D eigenvalue weighted by molar-refractivity contribution is -0.137. The van der Waals surface area contributed by atoms with E-state index in [2.05, 4.69) is 16.0 Å². The number of alkyl halides is 3. The summed E-state index contributed by atoms with van der Waals surface area (Å²) >= 11 is 5.10. The first-order valence-corrected chi connectivity index (χ1v) is 7.28. The van der Waals surface area contributed by atoms with E-state index in [1.165, 1.54) is 19.1 Å². The Morgan fingerprint density at radius 3 is 1.96 bits per heavy atom. The third-order valence-electron chi connectivity index (χ3n) is 2.89. The van der Waals surface area contributed by atoms with Crippen molar-refractivity contribution in [3.63, 3.8) is 0 Å². The number of nitrogens with one attached hydrogen (secondary N) is 3. The number of hydrogen-bond donors (Lipinski definition) is 3. The Morgan fingerprint density at radius 1 is 0.917 bits per heavy atom. The molecule has 0 fully saturated rings. The van der Waals surface area contributed by atoms with Crippen LogP contribution in [-0.2, 0) is 11.0 Å². The lowest BCUT2D eigenvalue weighted by atomic mass is 10.2. The highest BCUT2D eigenvalue weighted by Gasteiger charge is 2.30. The molecule has 0 heterocycles. The fraction of sp³-hybridized carbons (Fsp3) is 0.125. The highest BCUT2D eigenvalue weighted by Crippen LogP contribution is 2.30. The summed E-state index contributed by atoms with van der Waals surface area (Å²) < 4.78 is 38.1. The van der Waals surface area contributed by atoms with Crippen LogP contribution >= 0.6 is 12.2 Å². The zero-order valence-electron chi connectivity index (χ0n) is 12.6. The summed E-state index contributed by atoms with van der Waals surface area (Å²) in [6, 6.07) is 11.5. The Bertz CT molecular complexity index is 762. The largest absolute Gasteiger partial charge is 0.416 e. The maximum absolute atomic E-state index is 12.7. The van der Waals surface area contributed by atoms with E-state index < -0.39 is 11.7 Å². The second kappa shape index (κ2) is 7.31. The summed E-state index contributed by atoms with van der Waals surface area (Å²) in [7, 11) is 0. The predicted molar refractivity (Wildman–Crippen MR) is 92.0 cm³/mol. The van der Waals surface area contributed by atoms with Crippen molar-refractivity contribution in [1.82, 2.24) is 0 Å². The van der Waals surface area contributed by atoms with Crippen LogP contribution < -0.4 is 16.0 Å². The number of rotatable bonds is 3. The molecule has 0 spiro atoms. The Labute approximate surface area is 142 Å². The monoisotopic (exact) mass is 353 g/mol. The number of thiocarbonyl (C=S) groups is 1. The van der Waals surface area contributed by atoms with Gasteiger partial charge in [0.2, 0.25) is 5.91 Å². The second-order valence-electron chi connectivity index (χ2n) is 4.92. The molecule has 0 bridgehead atoms. The van der Waals surface area contributed by atoms with Gasteiger partial charge in [0.15, 0.2) is 5.11 Å². The zero-order chi connectivity index (χ0) is 17.7. The van der Waals surface area contributed by atoms with Gasteiger partial charge < -0.3 is 16.0 Å². The van der Waals surface area contributed by atoms with Crippen LogP contribution in [0.4, 0.5) is 30.2 Å². The van der Waals surface area contributed by atoms with Gasteiger partial charge in [0.05, 0.1) is 5.56 Å². The van der Waals surface area contributed by atoms with Crippen molar-refractivity contribution in [3.05, 3.63) is 54.1 Å². The van der Waals surface area contributed by atoms with E-state index in [1.807, 2.05) is 0 Å². The molecule has 2 rings (SSSR count). The normalized spacial score (nSPS) is 10.8. The van der Waals surface area contributed by atoms with Crippen LogP contribution in [-0.4, -0.2) is 11.0 Å². The van der Waals surface area contributed by atoms with E-state index in [9.17, 15) is 18.0 Å². The first kappa shape index (κ1) is 17.7. The molecule has 24 heavy (non-hydrogen) atoms. The van der Waals surface area contributed by atoms with E-state index in [1.54, 1.807) is 24.3 Å². The minimum atomic E-state index is -4.42. The minimum absolute atomic E-state index is 0.134. The highest BCUT2D eigenvalue weighted by atomic mass is 32.1. The summed E-state index contributed by atoms with van der Waals surface area (Å²) in [6.45, 7) is 1.39. The van der Waals surface area contributed by atoms with Gasteiger partial charge >= 0.3 is 6.18 Å². The third-order valence-corrected chi connectivity index (χ3v) is 3.09. The number of anilines is 3. The molecule has 126 valence electrons. The summed E-state index contributed by atoms with van der Waals surface area (Å²) in [4.78, 5) is 11.0. The lowest BCUT2D eigenvalue weighted by Crippen LogP contribution is -2.19. The number of benzene rings is 2. The Hall–Kier alpha value is -2.61. The van der Waals surface area contributed by atoms with Gasteiger partial charge in [-0.05, 0) is 48.6 Å². The number of halogens is 3. The molecular weight excluding hydrogens is 339 g/mol. The van der Waals surface area contributed by atoms with Gasteiger partial charge in [0.1, 0.15) is 0 Å². The van der Waals surface area contributed by atoms with E-state index >= 15 is 0 Å². The van der Waals surface area contributed by atoms with Crippen LogP contribution in [0.3, 0.4) is 0 Å². The fourth-order valence-corrected chi connectivity index (χ4v) is 2.18. The highest BCUT2D eigenvalue weighted by molar-refractivity contribution is 7.80. The predicted octanol–water partition coefficient (Wildman–Crippen LogP) is 4.47. The van der Waals surface area contributed by atoms with Gasteiger partial charge in [0.25, 0.3) is 0 Å². The van der Waals surface area contributed by atoms with Gasteiger partial charge in [-0.2, -0.15) is 13.2 Å². The van der Waals surface area contributed by atoms with Crippen molar-refractivity contribution >= 4 is 40.3 Å². The van der Waals surface area contributed by atoms with Crippen molar-refractivity contribution in [2.24, 2.45) is 0 Å². The standard InChI is InChI=1S/C16H14F3N3OS/c1-10(23)20-13-6-3-7-14(9-13)22-15(24)21-12-5-2-4-11(8-12)16(17,18)19/h2-9H,1H3,(H,20,23)(H2,21,22,24). The van der Waals surface area contributed by atoms with Crippen molar-refractivity contribution < 1.29 is 18.0 Å². The van der Waals surface area contributed by atoms with Crippen molar-refractivity contribution in [1.29, 1.82) is 0 Å². The maximum atomic E-state index is 12.7. The molecule has 0 aromatic heterocycles. The van der Waals surface area contributed by atoms with Crippen LogP contribution in [0.1, 0.15) is 12.5 Å². The maximum Gasteiger partial charge on any atom is 0.416 e. The summed E-state index contributed by atoms with van der Waals surface area (Å²) in [5.74, 6) is -0.211. The molecule has 0 aliphatic carbocycles. The van der Waals surface area contributed by atoms with E-state index in [4.69, 9.17) is 12.2 Å². The molecular formula is C16H14F3N3OS. The Balaban J connectivity index is 2.05. The average molecular weight is 353 g/mol. The quantitative estimate of drug-likeness (QED) is 0.713. The summed E-state index contributed by atoms with van der Waals surface area (Å²) in [5.41, 5.74) is 0.628. The topological polar surface area (TPSA) is 53.2 Å². The van der Waals surface area contributed by atoms with E-state index in [0.29, 0.717) is 11.4 Å². The molecule has 0 aliphatic rings. The summed E-state index contributed by atoms with van der Waals surface area (Å²) in [5, 5.41) is 8.30. The third kappa shape index (κ3) is 5.24. The van der Waals surface area contributed by atoms with Crippen LogP contribution in [0.2, 0.25) is 0 Å². The van der Waals surface area contributed by atoms with E-state index in [0.717, 1.165) is 12.1 Å². The molecule has 3 N–H and O–H groups in total. The lowest BCUT2D eigenvalue weighted by Gasteiger charge is -2.13. The second-order valence-corrected chi connectivity index (χ2v) is 5.33. The van der Waals surface area contributed by atoms with Crippen LogP contribution in [0.15, 0.2) is 48.5 Å². The SMILES string of the molecule is CC(=O)Nc1cccc(NC(=S)Nc2cccc(C(F)(F)F)c2)c1. The number of amides is 1. The van der Waals surface area contributed by atoms with Gasteiger partial charge in [-0.1, -0.05) is 12.1 Å². The van der Waals surface area contributed by atoms with Gasteiger partial charge in [-0.3, -0.25) is 4.79 Å². The van der Waals surface area contributed by atoms with Crippen molar-refractivity contribution in [2.75, 3.05) is 16.0 Å². The van der Waals surface area contributed by atoms with Crippen molar-refractivity contribution in [2.45, 2.75) is 13.1 Å². The molecule has 2 aromatic carbocycles. The first-order valence-electron chi connectivity index (χ1n) is 6.87. The zero-order valence-corrected chi connectivity index (χ0v) is 13.4. The molecule has 1 amide bonds. The average Bonchev–Trinajstić information content (AvgIpc) is 2.46. The smallest absolute Gasteiger partial charge is 0.332 e. The Morgan fingerprint density at radius 2 is 1.42 bits per heavy atom. The fourth-order valence-electron chi connectivity index (χ4n) is 1.94. The van der Waals surface area contributed by atoms with Crippen LogP contribution in [0.5, 0.6) is 0 Å². The number of carbonyl (C=O) groups excluding carboxylic acids is 1. The summed E-state index contributed by atoms with van der Waals surface area (Å²) in [6.07, 6.45) is -4.42. The molecule has 0 atom stereocenters. The van der Waals surface area contributed by atoms with Gasteiger partial charge in [0, 0.05) is 24.0 Å². The van der Waals surface area contributed by atoms with Gasteiger partial charge in [-0.25, -0.2) is 0 Å². The Kier molecular flexibility index (Phi) is 5.40.